The van der Waals surface area contributed by atoms with Gasteiger partial charge in [-0.15, -0.1) is 0 Å². The van der Waals surface area contributed by atoms with E-state index in [2.05, 4.69) is 5.32 Å². The van der Waals surface area contributed by atoms with Gasteiger partial charge in [-0.3, -0.25) is 4.79 Å². The molecule has 0 spiro atoms. The van der Waals surface area contributed by atoms with Crippen LogP contribution in [-0.2, 0) is 9.53 Å². The molecule has 2 heterocycles. The smallest absolute Gasteiger partial charge is 0.222 e. The Morgan fingerprint density at radius 2 is 2.40 bits per heavy atom. The fourth-order valence-corrected chi connectivity index (χ4v) is 2.20. The third-order valence-corrected chi connectivity index (χ3v) is 3.15. The molecule has 0 saturated carbocycles. The van der Waals surface area contributed by atoms with Crippen LogP contribution >= 0.6 is 0 Å². The summed E-state index contributed by atoms with van der Waals surface area (Å²) in [6.07, 6.45) is 4.24. The first-order valence-electron chi connectivity index (χ1n) is 5.96. The number of carbonyl (C=O) groups excluding carboxylic acids is 1. The average molecular weight is 212 g/mol. The Bertz CT molecular complexity index is 215. The second-order valence-corrected chi connectivity index (χ2v) is 4.32. The van der Waals surface area contributed by atoms with Crippen LogP contribution in [0.15, 0.2) is 0 Å². The Morgan fingerprint density at radius 1 is 1.47 bits per heavy atom. The number of carbonyl (C=O) groups is 1. The second kappa shape index (κ2) is 5.47. The molecule has 0 aromatic carbocycles. The predicted molar refractivity (Wildman–Crippen MR) is 57.7 cm³/mol. The summed E-state index contributed by atoms with van der Waals surface area (Å²) in [4.78, 5) is 13.5. The van der Waals surface area contributed by atoms with Gasteiger partial charge in [0.2, 0.25) is 5.91 Å². The van der Waals surface area contributed by atoms with E-state index in [-0.39, 0.29) is 0 Å². The fourth-order valence-electron chi connectivity index (χ4n) is 2.20. The lowest BCUT2D eigenvalue weighted by atomic mass is 10.1. The lowest BCUT2D eigenvalue weighted by Crippen LogP contribution is -2.42. The fraction of sp³-hybridized carbons (Fsp3) is 0.909. The molecule has 0 radical (unpaired) electrons. The van der Waals surface area contributed by atoms with Crippen LogP contribution in [0.5, 0.6) is 0 Å². The van der Waals surface area contributed by atoms with Gasteiger partial charge in [-0.05, 0) is 19.3 Å². The van der Waals surface area contributed by atoms with Crippen LogP contribution < -0.4 is 5.32 Å². The van der Waals surface area contributed by atoms with Gasteiger partial charge in [0.05, 0.1) is 12.7 Å². The standard InChI is InChI=1S/C11H20N2O2/c14-11-3-1-2-6-13(11)7-4-10-9-12-5-8-15-10/h10,12H,1-9H2. The molecular formula is C11H20N2O2. The highest BCUT2D eigenvalue weighted by Gasteiger charge is 2.20. The van der Waals surface area contributed by atoms with Crippen LogP contribution in [0, 0.1) is 0 Å². The minimum Gasteiger partial charge on any atom is -0.376 e. The summed E-state index contributed by atoms with van der Waals surface area (Å²) >= 11 is 0. The molecule has 2 aliphatic rings. The molecule has 1 atom stereocenters. The molecule has 2 fully saturated rings. The molecule has 15 heavy (non-hydrogen) atoms. The third kappa shape index (κ3) is 3.18. The molecule has 2 rings (SSSR count). The van der Waals surface area contributed by atoms with Crippen molar-refractivity contribution in [3.05, 3.63) is 0 Å². The van der Waals surface area contributed by atoms with Gasteiger partial charge >= 0.3 is 0 Å². The molecule has 1 N–H and O–H groups in total. The number of nitrogens with one attached hydrogen (secondary N) is 1. The first-order chi connectivity index (χ1) is 7.36. The molecule has 0 bridgehead atoms. The van der Waals surface area contributed by atoms with E-state index in [9.17, 15) is 4.79 Å². The number of likely N-dealkylation sites (tertiary alicyclic amines) is 1. The molecule has 86 valence electrons. The van der Waals surface area contributed by atoms with Gasteiger partial charge in [-0.1, -0.05) is 0 Å². The molecular weight excluding hydrogens is 192 g/mol. The minimum absolute atomic E-state index is 0.300. The van der Waals surface area contributed by atoms with Crippen LogP contribution in [-0.4, -0.2) is 49.7 Å². The third-order valence-electron chi connectivity index (χ3n) is 3.15. The number of nitrogens with zero attached hydrogens (tertiary/aromatic N) is 1. The predicted octanol–water partition coefficient (Wildman–Crippen LogP) is 0.377. The summed E-state index contributed by atoms with van der Waals surface area (Å²) in [6, 6.07) is 0. The summed E-state index contributed by atoms with van der Waals surface area (Å²) < 4.78 is 5.60. The van der Waals surface area contributed by atoms with E-state index in [4.69, 9.17) is 4.74 Å². The lowest BCUT2D eigenvalue weighted by molar-refractivity contribution is -0.133. The van der Waals surface area contributed by atoms with E-state index >= 15 is 0 Å². The van der Waals surface area contributed by atoms with E-state index in [1.54, 1.807) is 0 Å². The van der Waals surface area contributed by atoms with Gasteiger partial charge in [-0.25, -0.2) is 0 Å². The molecule has 2 aliphatic heterocycles. The van der Waals surface area contributed by atoms with Gasteiger partial charge in [0, 0.05) is 32.6 Å². The minimum atomic E-state index is 0.300. The Balaban J connectivity index is 1.69. The van der Waals surface area contributed by atoms with Gasteiger partial charge in [0.25, 0.3) is 0 Å². The zero-order valence-corrected chi connectivity index (χ0v) is 9.21. The maximum atomic E-state index is 11.5. The van der Waals surface area contributed by atoms with E-state index in [1.807, 2.05) is 4.90 Å². The number of ether oxygens (including phenoxy) is 1. The van der Waals surface area contributed by atoms with Crippen molar-refractivity contribution in [3.8, 4) is 0 Å². The molecule has 1 amide bonds. The SMILES string of the molecule is O=C1CCCCN1CCC1CNCCO1. The van der Waals surface area contributed by atoms with Gasteiger partial charge in [0.1, 0.15) is 0 Å². The Labute approximate surface area is 91.0 Å². The molecule has 0 aromatic heterocycles. The maximum absolute atomic E-state index is 11.5. The van der Waals surface area contributed by atoms with Crippen molar-refractivity contribution in [1.82, 2.24) is 10.2 Å². The van der Waals surface area contributed by atoms with Crippen LogP contribution in [0.4, 0.5) is 0 Å². The molecule has 4 heteroatoms. The monoisotopic (exact) mass is 212 g/mol. The normalized spacial score (nSPS) is 28.1. The van der Waals surface area contributed by atoms with Crippen LogP contribution in [0.1, 0.15) is 25.7 Å². The van der Waals surface area contributed by atoms with Crippen LogP contribution in [0.3, 0.4) is 0 Å². The summed E-state index contributed by atoms with van der Waals surface area (Å²) in [6.45, 7) is 4.50. The number of amides is 1. The van der Waals surface area contributed by atoms with Crippen molar-refractivity contribution in [2.45, 2.75) is 31.8 Å². The quantitative estimate of drug-likeness (QED) is 0.735. The van der Waals surface area contributed by atoms with Crippen LogP contribution in [0.2, 0.25) is 0 Å². The first kappa shape index (κ1) is 10.9. The number of morpholine rings is 1. The maximum Gasteiger partial charge on any atom is 0.222 e. The zero-order chi connectivity index (χ0) is 10.5. The van der Waals surface area contributed by atoms with Crippen molar-refractivity contribution in [2.24, 2.45) is 0 Å². The van der Waals surface area contributed by atoms with Crippen molar-refractivity contribution in [3.63, 3.8) is 0 Å². The van der Waals surface area contributed by atoms with Gasteiger partial charge in [-0.2, -0.15) is 0 Å². The van der Waals surface area contributed by atoms with E-state index < -0.39 is 0 Å². The van der Waals surface area contributed by atoms with E-state index in [1.165, 1.54) is 0 Å². The highest BCUT2D eigenvalue weighted by atomic mass is 16.5. The molecule has 0 aliphatic carbocycles. The van der Waals surface area contributed by atoms with Gasteiger partial charge < -0.3 is 15.0 Å². The first-order valence-corrected chi connectivity index (χ1v) is 5.96. The molecule has 2 saturated heterocycles. The number of rotatable bonds is 3. The molecule has 1 unspecified atom stereocenters. The van der Waals surface area contributed by atoms with Crippen LogP contribution in [0.25, 0.3) is 0 Å². The topological polar surface area (TPSA) is 41.6 Å². The van der Waals surface area contributed by atoms with Crippen molar-refractivity contribution < 1.29 is 9.53 Å². The summed E-state index contributed by atoms with van der Waals surface area (Å²) in [5, 5.41) is 3.31. The number of hydrogen-bond donors (Lipinski definition) is 1. The molecule has 4 nitrogen and oxygen atoms in total. The molecule has 0 aromatic rings. The summed E-state index contributed by atoms with van der Waals surface area (Å²) in [5.74, 6) is 0.324. The average Bonchev–Trinajstić information content (AvgIpc) is 2.29. The van der Waals surface area contributed by atoms with Gasteiger partial charge in [0.15, 0.2) is 0 Å². The highest BCUT2D eigenvalue weighted by Crippen LogP contribution is 2.12. The largest absolute Gasteiger partial charge is 0.376 e. The summed E-state index contributed by atoms with van der Waals surface area (Å²) in [7, 11) is 0. The highest BCUT2D eigenvalue weighted by molar-refractivity contribution is 5.76. The Hall–Kier alpha value is -0.610. The second-order valence-electron chi connectivity index (χ2n) is 4.32. The number of hydrogen-bond acceptors (Lipinski definition) is 3. The lowest BCUT2D eigenvalue weighted by Gasteiger charge is -2.30. The zero-order valence-electron chi connectivity index (χ0n) is 9.21. The van der Waals surface area contributed by atoms with Crippen molar-refractivity contribution in [1.29, 1.82) is 0 Å². The Morgan fingerprint density at radius 3 is 3.13 bits per heavy atom. The van der Waals surface area contributed by atoms with Crippen molar-refractivity contribution >= 4 is 5.91 Å². The van der Waals surface area contributed by atoms with E-state index in [0.29, 0.717) is 12.0 Å². The Kier molecular flexibility index (Phi) is 3.97. The van der Waals surface area contributed by atoms with E-state index in [0.717, 1.165) is 58.5 Å². The van der Waals surface area contributed by atoms with Crippen molar-refractivity contribution in [2.75, 3.05) is 32.8 Å². The number of piperidine rings is 1. The summed E-state index contributed by atoms with van der Waals surface area (Å²) in [5.41, 5.74) is 0.